The Kier molecular flexibility index (Phi) is 3.33. The van der Waals surface area contributed by atoms with Crippen molar-refractivity contribution in [2.75, 3.05) is 5.73 Å². The van der Waals surface area contributed by atoms with E-state index < -0.39 is 18.1 Å². The van der Waals surface area contributed by atoms with Crippen LogP contribution in [-0.2, 0) is 4.79 Å². The Morgan fingerprint density at radius 3 is 2.63 bits per heavy atom. The number of aryl methyl sites for hydroxylation is 1. The second-order valence-corrected chi connectivity index (χ2v) is 4.17. The molecule has 1 heterocycles. The number of anilines is 1. The lowest BCUT2D eigenvalue weighted by Gasteiger charge is -2.10. The fourth-order valence-corrected chi connectivity index (χ4v) is 1.73. The first kappa shape index (κ1) is 13.2. The average Bonchev–Trinajstić information content (AvgIpc) is 2.30. The van der Waals surface area contributed by atoms with E-state index in [4.69, 9.17) is 10.5 Å². The number of carbonyl (C=O) groups excluding carboxylic acids is 1. The maximum atomic E-state index is 12.8. The number of fused-ring (bicyclic) bond motifs is 1. The summed E-state index contributed by atoms with van der Waals surface area (Å²) in [6.07, 6.45) is -2.74. The third-order valence-corrected chi connectivity index (χ3v) is 2.66. The Morgan fingerprint density at radius 1 is 1.37 bits per heavy atom. The van der Waals surface area contributed by atoms with Gasteiger partial charge in [-0.1, -0.05) is 0 Å². The summed E-state index contributed by atoms with van der Waals surface area (Å²) in [5.41, 5.74) is 6.85. The number of esters is 1. The van der Waals surface area contributed by atoms with Gasteiger partial charge in [0.15, 0.2) is 0 Å². The highest BCUT2D eigenvalue weighted by molar-refractivity contribution is 5.91. The van der Waals surface area contributed by atoms with Gasteiger partial charge in [-0.15, -0.1) is 0 Å². The topological polar surface area (TPSA) is 65.2 Å². The van der Waals surface area contributed by atoms with Crippen LogP contribution < -0.4 is 10.5 Å². The molecule has 0 fully saturated rings. The van der Waals surface area contributed by atoms with Gasteiger partial charge in [0.25, 0.3) is 6.43 Å². The molecule has 0 aliphatic carbocycles. The van der Waals surface area contributed by atoms with E-state index >= 15 is 0 Å². The van der Waals surface area contributed by atoms with E-state index in [0.29, 0.717) is 16.6 Å². The Hall–Kier alpha value is -2.24. The number of pyridine rings is 1. The van der Waals surface area contributed by atoms with E-state index in [1.165, 1.54) is 6.92 Å². The van der Waals surface area contributed by atoms with Gasteiger partial charge in [0.05, 0.1) is 5.52 Å². The second-order valence-electron chi connectivity index (χ2n) is 4.17. The number of halogens is 2. The number of alkyl halides is 2. The van der Waals surface area contributed by atoms with Crippen molar-refractivity contribution in [1.82, 2.24) is 4.98 Å². The number of nitrogens with zero attached hydrogens (tertiary/aromatic N) is 1. The van der Waals surface area contributed by atoms with Gasteiger partial charge in [0.2, 0.25) is 0 Å². The van der Waals surface area contributed by atoms with Gasteiger partial charge in [0.1, 0.15) is 11.4 Å². The number of rotatable bonds is 2. The molecule has 4 nitrogen and oxygen atoms in total. The lowest BCUT2D eigenvalue weighted by molar-refractivity contribution is -0.131. The number of ether oxygens (including phenoxy) is 1. The number of aromatic nitrogens is 1. The van der Waals surface area contributed by atoms with Crippen LogP contribution in [-0.4, -0.2) is 11.0 Å². The zero-order valence-electron chi connectivity index (χ0n) is 10.4. The molecule has 1 aromatic heterocycles. The first-order valence-corrected chi connectivity index (χ1v) is 5.56. The first-order valence-electron chi connectivity index (χ1n) is 5.56. The zero-order valence-corrected chi connectivity index (χ0v) is 10.4. The average molecular weight is 266 g/mol. The van der Waals surface area contributed by atoms with Crippen LogP contribution in [0.3, 0.4) is 0 Å². The lowest BCUT2D eigenvalue weighted by atomic mass is 10.1. The summed E-state index contributed by atoms with van der Waals surface area (Å²) in [4.78, 5) is 14.9. The van der Waals surface area contributed by atoms with Crippen molar-refractivity contribution < 1.29 is 18.3 Å². The van der Waals surface area contributed by atoms with E-state index in [1.807, 2.05) is 0 Å². The second kappa shape index (κ2) is 4.79. The standard InChI is InChI=1S/C13H12F2N2O2/c1-6-3-10-8(4-9(6)16)12(19-7(2)18)5-11(17-10)13(14)15/h3-5,13H,16H2,1-2H3. The van der Waals surface area contributed by atoms with Crippen molar-refractivity contribution in [2.45, 2.75) is 20.3 Å². The highest BCUT2D eigenvalue weighted by Gasteiger charge is 2.16. The molecule has 0 spiro atoms. The van der Waals surface area contributed by atoms with Crippen molar-refractivity contribution in [3.8, 4) is 5.75 Å². The molecule has 0 saturated carbocycles. The lowest BCUT2D eigenvalue weighted by Crippen LogP contribution is -2.04. The molecule has 19 heavy (non-hydrogen) atoms. The molecular weight excluding hydrogens is 254 g/mol. The molecule has 0 bridgehead atoms. The molecule has 6 heteroatoms. The molecule has 0 saturated heterocycles. The molecule has 0 radical (unpaired) electrons. The molecule has 0 aliphatic heterocycles. The largest absolute Gasteiger partial charge is 0.426 e. The molecule has 2 N–H and O–H groups in total. The van der Waals surface area contributed by atoms with Crippen LogP contribution in [0, 0.1) is 6.92 Å². The molecule has 2 rings (SSSR count). The van der Waals surface area contributed by atoms with Gasteiger partial charge < -0.3 is 10.5 Å². The number of nitrogens with two attached hydrogens (primary N) is 1. The molecule has 0 aliphatic rings. The molecule has 100 valence electrons. The Balaban J connectivity index is 2.74. The maximum absolute atomic E-state index is 12.8. The van der Waals surface area contributed by atoms with Gasteiger partial charge in [0, 0.05) is 24.1 Å². The van der Waals surface area contributed by atoms with Crippen LogP contribution in [0.25, 0.3) is 10.9 Å². The zero-order chi connectivity index (χ0) is 14.2. The van der Waals surface area contributed by atoms with Crippen LogP contribution in [0.4, 0.5) is 14.5 Å². The van der Waals surface area contributed by atoms with Crippen LogP contribution in [0.15, 0.2) is 18.2 Å². The van der Waals surface area contributed by atoms with E-state index in [1.54, 1.807) is 19.1 Å². The normalized spacial score (nSPS) is 11.0. The molecule has 1 aromatic carbocycles. The minimum atomic E-state index is -2.74. The number of carbonyl (C=O) groups is 1. The van der Waals surface area contributed by atoms with Crippen molar-refractivity contribution >= 4 is 22.6 Å². The Labute approximate surface area is 108 Å². The summed E-state index contributed by atoms with van der Waals surface area (Å²) in [5, 5.41) is 0.433. The van der Waals surface area contributed by atoms with E-state index in [9.17, 15) is 13.6 Å². The third kappa shape index (κ3) is 2.62. The monoisotopic (exact) mass is 266 g/mol. The van der Waals surface area contributed by atoms with Crippen molar-refractivity contribution in [2.24, 2.45) is 0 Å². The molecule has 0 atom stereocenters. The molecule has 2 aromatic rings. The molecule has 0 unspecified atom stereocenters. The van der Waals surface area contributed by atoms with E-state index in [2.05, 4.69) is 4.98 Å². The summed E-state index contributed by atoms with van der Waals surface area (Å²) in [7, 11) is 0. The van der Waals surface area contributed by atoms with Crippen molar-refractivity contribution in [1.29, 1.82) is 0 Å². The van der Waals surface area contributed by atoms with Crippen LogP contribution >= 0.6 is 0 Å². The number of hydrogen-bond acceptors (Lipinski definition) is 4. The van der Waals surface area contributed by atoms with Crippen LogP contribution in [0.1, 0.15) is 24.6 Å². The SMILES string of the molecule is CC(=O)Oc1cc(C(F)F)nc2cc(C)c(N)cc12. The predicted molar refractivity (Wildman–Crippen MR) is 67.2 cm³/mol. The quantitative estimate of drug-likeness (QED) is 0.670. The van der Waals surface area contributed by atoms with Crippen molar-refractivity contribution in [3.63, 3.8) is 0 Å². The van der Waals surface area contributed by atoms with Gasteiger partial charge in [-0.3, -0.25) is 4.79 Å². The van der Waals surface area contributed by atoms with Gasteiger partial charge in [-0.05, 0) is 24.6 Å². The molecular formula is C13H12F2N2O2. The Bertz CT molecular complexity index is 657. The smallest absolute Gasteiger partial charge is 0.308 e. The summed E-state index contributed by atoms with van der Waals surface area (Å²) in [5.74, 6) is -0.550. The number of hydrogen-bond donors (Lipinski definition) is 1. The third-order valence-electron chi connectivity index (χ3n) is 2.66. The summed E-state index contributed by atoms with van der Waals surface area (Å²) in [6, 6.07) is 4.21. The minimum absolute atomic E-state index is 0.0412. The summed E-state index contributed by atoms with van der Waals surface area (Å²) >= 11 is 0. The maximum Gasteiger partial charge on any atom is 0.308 e. The summed E-state index contributed by atoms with van der Waals surface area (Å²) in [6.45, 7) is 2.95. The van der Waals surface area contributed by atoms with E-state index in [0.717, 1.165) is 11.6 Å². The van der Waals surface area contributed by atoms with Crippen LogP contribution in [0.2, 0.25) is 0 Å². The van der Waals surface area contributed by atoms with Crippen molar-refractivity contribution in [3.05, 3.63) is 29.5 Å². The first-order chi connectivity index (χ1) is 8.88. The summed E-state index contributed by atoms with van der Waals surface area (Å²) < 4.78 is 30.5. The Morgan fingerprint density at radius 2 is 2.05 bits per heavy atom. The number of nitrogen functional groups attached to an aromatic ring is 1. The highest BCUT2D eigenvalue weighted by atomic mass is 19.3. The minimum Gasteiger partial charge on any atom is -0.426 e. The fraction of sp³-hybridized carbons (Fsp3) is 0.231. The predicted octanol–water partition coefficient (Wildman–Crippen LogP) is 2.99. The van der Waals surface area contributed by atoms with Crippen LogP contribution in [0.5, 0.6) is 5.75 Å². The van der Waals surface area contributed by atoms with E-state index in [-0.39, 0.29) is 5.75 Å². The number of benzene rings is 1. The fourth-order valence-electron chi connectivity index (χ4n) is 1.73. The molecule has 0 amide bonds. The van der Waals surface area contributed by atoms with Gasteiger partial charge in [-0.2, -0.15) is 0 Å². The highest BCUT2D eigenvalue weighted by Crippen LogP contribution is 2.32. The van der Waals surface area contributed by atoms with Gasteiger partial charge >= 0.3 is 5.97 Å². The van der Waals surface area contributed by atoms with Gasteiger partial charge in [-0.25, -0.2) is 13.8 Å².